The molecule has 1 aliphatic rings. The minimum atomic E-state index is -3.55. The molecule has 0 aliphatic carbocycles. The normalized spacial score (nSPS) is 16.3. The second-order valence-electron chi connectivity index (χ2n) is 6.08. The second-order valence-corrected chi connectivity index (χ2v) is 9.35. The number of fused-ring (bicyclic) bond motifs is 1. The first kappa shape index (κ1) is 17.7. The lowest BCUT2D eigenvalue weighted by Gasteiger charge is -2.34. The summed E-state index contributed by atoms with van der Waals surface area (Å²) in [6.45, 7) is 3.76. The summed E-state index contributed by atoms with van der Waals surface area (Å²) in [7, 11) is -3.55. The lowest BCUT2D eigenvalue weighted by Crippen LogP contribution is -2.48. The van der Waals surface area contributed by atoms with Crippen LogP contribution in [0.3, 0.4) is 0 Å². The van der Waals surface area contributed by atoms with Gasteiger partial charge in [-0.2, -0.15) is 4.31 Å². The maximum Gasteiger partial charge on any atom is 0.243 e. The number of halogens is 1. The second kappa shape index (κ2) is 6.77. The zero-order valence-electron chi connectivity index (χ0n) is 14.1. The Labute approximate surface area is 161 Å². The molecule has 26 heavy (non-hydrogen) atoms. The van der Waals surface area contributed by atoms with Crippen molar-refractivity contribution < 1.29 is 8.42 Å². The van der Waals surface area contributed by atoms with Gasteiger partial charge in [0.25, 0.3) is 0 Å². The fraction of sp³-hybridized carbons (Fsp3) is 0.294. The molecule has 0 N–H and O–H groups in total. The van der Waals surface area contributed by atoms with E-state index in [9.17, 15) is 8.42 Å². The Balaban J connectivity index is 1.53. The van der Waals surface area contributed by atoms with Crippen molar-refractivity contribution in [1.29, 1.82) is 0 Å². The van der Waals surface area contributed by atoms with E-state index in [0.717, 1.165) is 15.5 Å². The Morgan fingerprint density at radius 3 is 2.62 bits per heavy atom. The third kappa shape index (κ3) is 3.07. The maximum absolute atomic E-state index is 13.0. The SMILES string of the molecule is Cc1c(Cl)cccc1S(=O)(=O)N1CCN(c2nc3cccnc3s2)CC1. The van der Waals surface area contributed by atoms with E-state index in [4.69, 9.17) is 11.6 Å². The molecule has 0 unspecified atom stereocenters. The van der Waals surface area contributed by atoms with Crippen LogP contribution in [-0.2, 0) is 10.0 Å². The number of aromatic nitrogens is 2. The average Bonchev–Trinajstić information content (AvgIpc) is 3.08. The largest absolute Gasteiger partial charge is 0.345 e. The molecule has 0 bridgehead atoms. The molecule has 1 saturated heterocycles. The van der Waals surface area contributed by atoms with E-state index in [0.29, 0.717) is 36.8 Å². The summed E-state index contributed by atoms with van der Waals surface area (Å²) in [5.74, 6) is 0. The fourth-order valence-electron chi connectivity index (χ4n) is 3.02. The van der Waals surface area contributed by atoms with Gasteiger partial charge in [-0.05, 0) is 36.8 Å². The lowest BCUT2D eigenvalue weighted by atomic mass is 10.2. The summed E-state index contributed by atoms with van der Waals surface area (Å²) < 4.78 is 27.5. The van der Waals surface area contributed by atoms with Gasteiger partial charge >= 0.3 is 0 Å². The standard InChI is InChI=1S/C17H17ClN4O2S2/c1-12-13(18)4-2-6-15(12)26(23,24)22-10-8-21(9-11-22)17-20-14-5-3-7-19-16(14)25-17/h2-7H,8-11H2,1H3. The number of hydrogen-bond acceptors (Lipinski definition) is 6. The molecule has 0 spiro atoms. The van der Waals surface area contributed by atoms with E-state index >= 15 is 0 Å². The van der Waals surface area contributed by atoms with Gasteiger partial charge < -0.3 is 4.90 Å². The highest BCUT2D eigenvalue weighted by Crippen LogP contribution is 2.30. The van der Waals surface area contributed by atoms with Gasteiger partial charge in [0.05, 0.1) is 4.90 Å². The van der Waals surface area contributed by atoms with Crippen LogP contribution in [0.15, 0.2) is 41.4 Å². The van der Waals surface area contributed by atoms with Gasteiger partial charge in [-0.3, -0.25) is 0 Å². The van der Waals surface area contributed by atoms with Crippen LogP contribution in [0.4, 0.5) is 5.13 Å². The van der Waals surface area contributed by atoms with Crippen molar-refractivity contribution in [3.63, 3.8) is 0 Å². The first-order valence-electron chi connectivity index (χ1n) is 8.18. The van der Waals surface area contributed by atoms with Gasteiger partial charge in [0.2, 0.25) is 10.0 Å². The summed E-state index contributed by atoms with van der Waals surface area (Å²) in [6.07, 6.45) is 1.75. The molecule has 4 rings (SSSR count). The number of benzene rings is 1. The Morgan fingerprint density at radius 1 is 1.12 bits per heavy atom. The summed E-state index contributed by atoms with van der Waals surface area (Å²) >= 11 is 7.63. The molecule has 1 aromatic carbocycles. The van der Waals surface area contributed by atoms with E-state index in [2.05, 4.69) is 14.9 Å². The molecule has 1 aliphatic heterocycles. The molecular weight excluding hydrogens is 392 g/mol. The van der Waals surface area contributed by atoms with Crippen molar-refractivity contribution >= 4 is 48.4 Å². The monoisotopic (exact) mass is 408 g/mol. The minimum absolute atomic E-state index is 0.280. The molecule has 0 atom stereocenters. The quantitative estimate of drug-likeness (QED) is 0.666. The summed E-state index contributed by atoms with van der Waals surface area (Å²) in [5, 5.41) is 1.35. The van der Waals surface area contributed by atoms with Crippen LogP contribution >= 0.6 is 22.9 Å². The van der Waals surface area contributed by atoms with Gasteiger partial charge in [-0.15, -0.1) is 0 Å². The summed E-state index contributed by atoms with van der Waals surface area (Å²) in [4.78, 5) is 12.2. The first-order chi connectivity index (χ1) is 12.5. The molecule has 2 aromatic heterocycles. The molecule has 3 heterocycles. The van der Waals surface area contributed by atoms with E-state index in [1.807, 2.05) is 12.1 Å². The third-order valence-corrected chi connectivity index (χ3v) is 7.99. The molecule has 0 amide bonds. The molecule has 3 aromatic rings. The predicted octanol–water partition coefficient (Wildman–Crippen LogP) is 3.16. The molecule has 6 nitrogen and oxygen atoms in total. The minimum Gasteiger partial charge on any atom is -0.345 e. The van der Waals surface area contributed by atoms with Crippen LogP contribution in [0.5, 0.6) is 0 Å². The van der Waals surface area contributed by atoms with E-state index in [-0.39, 0.29) is 4.90 Å². The first-order valence-corrected chi connectivity index (χ1v) is 10.8. The number of thiazole rings is 1. The fourth-order valence-corrected chi connectivity index (χ4v) is 5.88. The van der Waals surface area contributed by atoms with Crippen molar-refractivity contribution in [3.8, 4) is 0 Å². The summed E-state index contributed by atoms with van der Waals surface area (Å²) in [6, 6.07) is 8.79. The van der Waals surface area contributed by atoms with Crippen LogP contribution < -0.4 is 4.90 Å². The topological polar surface area (TPSA) is 66.4 Å². The lowest BCUT2D eigenvalue weighted by molar-refractivity contribution is 0.384. The van der Waals surface area contributed by atoms with E-state index < -0.39 is 10.0 Å². The van der Waals surface area contributed by atoms with Crippen LogP contribution in [0.25, 0.3) is 10.3 Å². The number of hydrogen-bond donors (Lipinski definition) is 0. The van der Waals surface area contributed by atoms with E-state index in [1.165, 1.54) is 15.6 Å². The van der Waals surface area contributed by atoms with Gasteiger partial charge in [-0.1, -0.05) is 29.0 Å². The van der Waals surface area contributed by atoms with Crippen LogP contribution in [-0.4, -0.2) is 48.9 Å². The van der Waals surface area contributed by atoms with Gasteiger partial charge in [0.1, 0.15) is 10.3 Å². The van der Waals surface area contributed by atoms with E-state index in [1.54, 1.807) is 31.3 Å². The van der Waals surface area contributed by atoms with Crippen LogP contribution in [0.1, 0.15) is 5.56 Å². The Kier molecular flexibility index (Phi) is 4.60. The molecule has 136 valence electrons. The average molecular weight is 409 g/mol. The van der Waals surface area contributed by atoms with Crippen LogP contribution in [0.2, 0.25) is 5.02 Å². The molecular formula is C17H17ClN4O2S2. The highest BCUT2D eigenvalue weighted by atomic mass is 35.5. The summed E-state index contributed by atoms with van der Waals surface area (Å²) in [5.41, 5.74) is 1.46. The zero-order valence-corrected chi connectivity index (χ0v) is 16.5. The van der Waals surface area contributed by atoms with Crippen LogP contribution in [0, 0.1) is 6.92 Å². The maximum atomic E-state index is 13.0. The van der Waals surface area contributed by atoms with Crippen molar-refractivity contribution in [2.45, 2.75) is 11.8 Å². The highest BCUT2D eigenvalue weighted by molar-refractivity contribution is 7.89. The Morgan fingerprint density at radius 2 is 1.88 bits per heavy atom. The predicted molar refractivity (Wildman–Crippen MR) is 105 cm³/mol. The smallest absolute Gasteiger partial charge is 0.243 e. The Bertz CT molecular complexity index is 1030. The molecule has 9 heteroatoms. The van der Waals surface area contributed by atoms with Crippen molar-refractivity contribution in [1.82, 2.24) is 14.3 Å². The Hall–Kier alpha value is -1.74. The van der Waals surface area contributed by atoms with Crippen molar-refractivity contribution in [2.24, 2.45) is 0 Å². The van der Waals surface area contributed by atoms with Crippen molar-refractivity contribution in [2.75, 3.05) is 31.1 Å². The van der Waals surface area contributed by atoms with Gasteiger partial charge in [0, 0.05) is 37.4 Å². The van der Waals surface area contributed by atoms with Gasteiger partial charge in [0.15, 0.2) is 5.13 Å². The van der Waals surface area contributed by atoms with Gasteiger partial charge in [-0.25, -0.2) is 18.4 Å². The number of nitrogens with zero attached hydrogens (tertiary/aromatic N) is 4. The highest BCUT2D eigenvalue weighted by Gasteiger charge is 2.30. The molecule has 0 saturated carbocycles. The zero-order chi connectivity index (χ0) is 18.3. The molecule has 0 radical (unpaired) electrons. The van der Waals surface area contributed by atoms with Crippen molar-refractivity contribution in [3.05, 3.63) is 47.1 Å². The molecule has 1 fully saturated rings. The number of pyridine rings is 1. The number of anilines is 1. The third-order valence-electron chi connectivity index (χ3n) is 4.50. The number of piperazine rings is 1. The number of rotatable bonds is 3. The number of sulfonamides is 1.